The van der Waals surface area contributed by atoms with Crippen LogP contribution in [0.1, 0.15) is 0 Å². The van der Waals surface area contributed by atoms with Gasteiger partial charge in [0.2, 0.25) is 0 Å². The van der Waals surface area contributed by atoms with Crippen LogP contribution >= 0.6 is 0 Å². The SMILES string of the molecule is c1ccc(-c2ccc3c(c2)c2cc(-c4ccc5cc(-c6ccc7c8c(cccc68)-c6c-7c(-c7ccccc7)c7ccccc7c6-c6ccccc6)ccc5c4)ccc2n3-c2ccccc2)cc1. The van der Waals surface area contributed by atoms with Crippen molar-refractivity contribution in [2.45, 2.75) is 0 Å². The Morgan fingerprint density at radius 3 is 1.25 bits per heavy atom. The highest BCUT2D eigenvalue weighted by Crippen LogP contribution is 2.58. The summed E-state index contributed by atoms with van der Waals surface area (Å²) in [7, 11) is 0. The van der Waals surface area contributed by atoms with Crippen LogP contribution in [-0.4, -0.2) is 4.57 Å². The van der Waals surface area contributed by atoms with Gasteiger partial charge >= 0.3 is 0 Å². The summed E-state index contributed by atoms with van der Waals surface area (Å²) in [6.45, 7) is 0. The van der Waals surface area contributed by atoms with E-state index in [1.54, 1.807) is 0 Å². The van der Waals surface area contributed by atoms with Crippen molar-refractivity contribution in [2.24, 2.45) is 0 Å². The first-order chi connectivity index (χ1) is 33.2. The lowest BCUT2D eigenvalue weighted by molar-refractivity contribution is 1.18. The molecule has 0 amide bonds. The minimum atomic E-state index is 1.16. The molecule has 0 unspecified atom stereocenters. The number of benzene rings is 12. The van der Waals surface area contributed by atoms with Crippen LogP contribution < -0.4 is 0 Å². The molecule has 14 rings (SSSR count). The molecule has 0 bridgehead atoms. The normalized spacial score (nSPS) is 11.9. The van der Waals surface area contributed by atoms with Crippen molar-refractivity contribution in [3.63, 3.8) is 0 Å². The average Bonchev–Trinajstić information content (AvgIpc) is 3.91. The van der Waals surface area contributed by atoms with Gasteiger partial charge in [0.15, 0.2) is 0 Å². The minimum Gasteiger partial charge on any atom is -0.309 e. The van der Waals surface area contributed by atoms with E-state index in [0.717, 1.165) is 5.69 Å². The second-order valence-corrected chi connectivity index (χ2v) is 17.9. The van der Waals surface area contributed by atoms with Crippen LogP contribution in [0.15, 0.2) is 249 Å². The van der Waals surface area contributed by atoms with Gasteiger partial charge < -0.3 is 4.57 Å². The van der Waals surface area contributed by atoms with Crippen LogP contribution in [0.3, 0.4) is 0 Å². The minimum absolute atomic E-state index is 1.16. The lowest BCUT2D eigenvalue weighted by Gasteiger charge is -2.20. The smallest absolute Gasteiger partial charge is 0.0541 e. The van der Waals surface area contributed by atoms with E-state index in [4.69, 9.17) is 0 Å². The van der Waals surface area contributed by atoms with Crippen LogP contribution in [-0.2, 0) is 0 Å². The first-order valence-corrected chi connectivity index (χ1v) is 23.2. The molecule has 1 aliphatic rings. The summed E-state index contributed by atoms with van der Waals surface area (Å²) in [5, 5.41) is 10.1. The zero-order valence-electron chi connectivity index (χ0n) is 36.6. The molecule has 310 valence electrons. The predicted octanol–water partition coefficient (Wildman–Crippen LogP) is 18.2. The summed E-state index contributed by atoms with van der Waals surface area (Å²) in [6.07, 6.45) is 0. The molecule has 0 fully saturated rings. The third kappa shape index (κ3) is 5.81. The topological polar surface area (TPSA) is 4.93 Å². The van der Waals surface area contributed by atoms with Gasteiger partial charge in [0.05, 0.1) is 11.0 Å². The summed E-state index contributed by atoms with van der Waals surface area (Å²) in [4.78, 5) is 0. The standard InChI is InChI=1S/C66H41N/c1-5-16-42(17-6-1)48-32-36-60-58(40-48)59-41-49(33-37-61(59)67(60)51-22-11-4-12-23-51)46-28-29-47-39-50(31-30-45(47)38-46)52-34-35-57-64-53(52)26-15-27-56(64)65-62(43-18-7-2-8-19-43)54-24-13-14-25-55(54)63(66(57)65)44-20-9-3-10-21-44/h1-41H. The van der Waals surface area contributed by atoms with Crippen LogP contribution in [0.25, 0.3) is 138 Å². The Morgan fingerprint density at radius 1 is 0.224 bits per heavy atom. The molecule has 12 aromatic carbocycles. The Morgan fingerprint density at radius 2 is 0.657 bits per heavy atom. The summed E-state index contributed by atoms with van der Waals surface area (Å²) in [5.74, 6) is 0. The van der Waals surface area contributed by atoms with Crippen molar-refractivity contribution >= 4 is 54.1 Å². The zero-order valence-corrected chi connectivity index (χ0v) is 36.6. The molecule has 0 atom stereocenters. The van der Waals surface area contributed by atoms with Crippen molar-refractivity contribution in [3.05, 3.63) is 249 Å². The highest BCUT2D eigenvalue weighted by atomic mass is 15.0. The molecule has 13 aromatic rings. The number of fused-ring (bicyclic) bond motifs is 8. The lowest BCUT2D eigenvalue weighted by Crippen LogP contribution is -1.93. The zero-order chi connectivity index (χ0) is 44.0. The summed E-state index contributed by atoms with van der Waals surface area (Å²) in [6, 6.07) is 91.9. The number of nitrogens with zero attached hydrogens (tertiary/aromatic N) is 1. The van der Waals surface area contributed by atoms with Gasteiger partial charge in [0.25, 0.3) is 0 Å². The van der Waals surface area contributed by atoms with E-state index in [1.807, 2.05) is 0 Å². The van der Waals surface area contributed by atoms with Gasteiger partial charge in [0, 0.05) is 16.5 Å². The number of aromatic nitrogens is 1. The van der Waals surface area contributed by atoms with Gasteiger partial charge in [-0.05, 0) is 159 Å². The molecule has 0 aliphatic heterocycles. The summed E-state index contributed by atoms with van der Waals surface area (Å²) >= 11 is 0. The molecule has 0 saturated carbocycles. The maximum absolute atomic E-state index is 2.40. The number of para-hydroxylation sites is 1. The quantitative estimate of drug-likeness (QED) is 0.157. The molecule has 1 nitrogen and oxygen atoms in total. The highest BCUT2D eigenvalue weighted by molar-refractivity contribution is 6.29. The monoisotopic (exact) mass is 847 g/mol. The molecule has 1 heterocycles. The number of hydrogen-bond donors (Lipinski definition) is 0. The first-order valence-electron chi connectivity index (χ1n) is 23.2. The van der Waals surface area contributed by atoms with Crippen molar-refractivity contribution in [2.75, 3.05) is 0 Å². The van der Waals surface area contributed by atoms with Crippen LogP contribution in [0.5, 0.6) is 0 Å². The Labute approximate surface area is 389 Å². The van der Waals surface area contributed by atoms with Crippen molar-refractivity contribution in [1.82, 2.24) is 4.57 Å². The summed E-state index contributed by atoms with van der Waals surface area (Å²) < 4.78 is 2.40. The molecule has 1 heteroatoms. The molecule has 1 aromatic heterocycles. The Bertz CT molecular complexity index is 4020. The second-order valence-electron chi connectivity index (χ2n) is 17.9. The molecular weight excluding hydrogens is 807 g/mol. The van der Waals surface area contributed by atoms with Gasteiger partial charge in [-0.25, -0.2) is 0 Å². The van der Waals surface area contributed by atoms with Gasteiger partial charge in [0.1, 0.15) is 0 Å². The van der Waals surface area contributed by atoms with E-state index in [9.17, 15) is 0 Å². The fraction of sp³-hybridized carbons (Fsp3) is 0. The van der Waals surface area contributed by atoms with Crippen molar-refractivity contribution in [3.8, 4) is 83.6 Å². The summed E-state index contributed by atoms with van der Waals surface area (Å²) in [5.41, 5.74) is 21.3. The second kappa shape index (κ2) is 14.9. The van der Waals surface area contributed by atoms with E-state index < -0.39 is 0 Å². The predicted molar refractivity (Wildman–Crippen MR) is 285 cm³/mol. The van der Waals surface area contributed by atoms with Crippen molar-refractivity contribution in [1.29, 1.82) is 0 Å². The maximum atomic E-state index is 2.40. The number of rotatable bonds is 6. The Kier molecular flexibility index (Phi) is 8.35. The van der Waals surface area contributed by atoms with Crippen LogP contribution in [0, 0.1) is 0 Å². The van der Waals surface area contributed by atoms with Crippen molar-refractivity contribution < 1.29 is 0 Å². The van der Waals surface area contributed by atoms with E-state index in [2.05, 4.69) is 253 Å². The Hall–Kier alpha value is -8.78. The molecule has 0 radical (unpaired) electrons. The first kappa shape index (κ1) is 37.6. The number of hydrogen-bond acceptors (Lipinski definition) is 0. The Balaban J connectivity index is 0.903. The highest BCUT2D eigenvalue weighted by Gasteiger charge is 2.31. The van der Waals surface area contributed by atoms with E-state index in [1.165, 1.54) is 132 Å². The van der Waals surface area contributed by atoms with Gasteiger partial charge in [-0.1, -0.05) is 200 Å². The van der Waals surface area contributed by atoms with E-state index in [-0.39, 0.29) is 0 Å². The van der Waals surface area contributed by atoms with Crippen LogP contribution in [0.4, 0.5) is 0 Å². The third-order valence-corrected chi connectivity index (χ3v) is 14.3. The fourth-order valence-electron chi connectivity index (χ4n) is 11.3. The lowest BCUT2D eigenvalue weighted by atomic mass is 9.82. The fourth-order valence-corrected chi connectivity index (χ4v) is 11.3. The van der Waals surface area contributed by atoms with E-state index >= 15 is 0 Å². The van der Waals surface area contributed by atoms with Gasteiger partial charge in [-0.15, -0.1) is 0 Å². The molecular formula is C66H41N. The third-order valence-electron chi connectivity index (χ3n) is 14.3. The maximum Gasteiger partial charge on any atom is 0.0541 e. The van der Waals surface area contributed by atoms with Gasteiger partial charge in [-0.2, -0.15) is 0 Å². The molecule has 67 heavy (non-hydrogen) atoms. The molecule has 1 aliphatic carbocycles. The van der Waals surface area contributed by atoms with Crippen LogP contribution in [0.2, 0.25) is 0 Å². The average molecular weight is 848 g/mol. The van der Waals surface area contributed by atoms with Gasteiger partial charge in [-0.3, -0.25) is 0 Å². The van der Waals surface area contributed by atoms with E-state index in [0.29, 0.717) is 0 Å². The molecule has 0 spiro atoms. The largest absolute Gasteiger partial charge is 0.309 e. The molecule has 0 saturated heterocycles. The molecule has 0 N–H and O–H groups in total.